The van der Waals surface area contributed by atoms with Crippen molar-refractivity contribution in [1.82, 2.24) is 10.2 Å². The van der Waals surface area contributed by atoms with Gasteiger partial charge < -0.3 is 23.9 Å². The summed E-state index contributed by atoms with van der Waals surface area (Å²) in [4.78, 5) is 14.5. The summed E-state index contributed by atoms with van der Waals surface area (Å²) in [5, 5.41) is 2.90. The Morgan fingerprint density at radius 3 is 2.53 bits per heavy atom. The van der Waals surface area contributed by atoms with Crippen LogP contribution in [0.5, 0.6) is 11.5 Å². The first-order valence-electron chi connectivity index (χ1n) is 10.6. The number of ether oxygens (including phenoxy) is 2. The Morgan fingerprint density at radius 2 is 1.91 bits per heavy atom. The lowest BCUT2D eigenvalue weighted by Crippen LogP contribution is -2.45. The minimum Gasteiger partial charge on any atom is -0.497 e. The van der Waals surface area contributed by atoms with Crippen molar-refractivity contribution in [1.29, 1.82) is 0 Å². The minimum atomic E-state index is -4.06. The fourth-order valence-corrected chi connectivity index (χ4v) is 4.39. The van der Waals surface area contributed by atoms with Gasteiger partial charge in [0, 0.05) is 24.8 Å². The van der Waals surface area contributed by atoms with Crippen LogP contribution < -0.4 is 14.2 Å². The van der Waals surface area contributed by atoms with Crippen molar-refractivity contribution in [3.8, 4) is 11.5 Å². The van der Waals surface area contributed by atoms with Crippen molar-refractivity contribution in [2.24, 2.45) is 0 Å². The molecule has 1 aliphatic rings. The van der Waals surface area contributed by atoms with Crippen LogP contribution >= 0.6 is 0 Å². The molecule has 0 spiro atoms. The molecule has 0 radical (unpaired) electrons. The maximum Gasteiger partial charge on any atom is 0.339 e. The van der Waals surface area contributed by atoms with Crippen molar-refractivity contribution < 1.29 is 26.9 Å². The van der Waals surface area contributed by atoms with Crippen molar-refractivity contribution in [2.75, 3.05) is 20.3 Å². The maximum atomic E-state index is 12.8. The molecule has 0 bridgehead atoms. The molecule has 0 aromatic heterocycles. The number of carbonyl (C=O) groups excluding carboxylic acids is 1. The van der Waals surface area contributed by atoms with Crippen LogP contribution in [0.4, 0.5) is 4.79 Å². The molecular formula is C23H30N2O6S. The van der Waals surface area contributed by atoms with Gasteiger partial charge in [-0.3, -0.25) is 0 Å². The van der Waals surface area contributed by atoms with E-state index in [2.05, 4.69) is 5.32 Å². The van der Waals surface area contributed by atoms with Crippen LogP contribution in [0, 0.1) is 0 Å². The lowest BCUT2D eigenvalue weighted by molar-refractivity contribution is 0.0790. The molecule has 1 saturated heterocycles. The van der Waals surface area contributed by atoms with Crippen LogP contribution in [0.1, 0.15) is 32.3 Å². The van der Waals surface area contributed by atoms with Gasteiger partial charge in [-0.15, -0.1) is 0 Å². The molecule has 174 valence electrons. The zero-order chi connectivity index (χ0) is 23.1. The molecule has 0 unspecified atom stereocenters. The van der Waals surface area contributed by atoms with E-state index in [-0.39, 0.29) is 35.4 Å². The van der Waals surface area contributed by atoms with E-state index in [0.29, 0.717) is 24.5 Å². The standard InChI is InChI=1S/C23H30N2O6S/c1-17(2)24-23(26)25(16-20-8-6-14-30-20)15-18-7-4-5-9-22(18)31-32(27,28)21-12-10-19(29-3)11-13-21/h4-5,7,9-13,17,20H,6,8,14-16H2,1-3H3,(H,24,26)/t20-/m1/s1. The van der Waals surface area contributed by atoms with E-state index in [4.69, 9.17) is 13.7 Å². The van der Waals surface area contributed by atoms with Crippen LogP contribution in [0.15, 0.2) is 53.4 Å². The van der Waals surface area contributed by atoms with Gasteiger partial charge in [0.15, 0.2) is 0 Å². The molecule has 1 N–H and O–H groups in total. The Hall–Kier alpha value is -2.78. The number of urea groups is 1. The summed E-state index contributed by atoms with van der Waals surface area (Å²) in [6, 6.07) is 12.5. The van der Waals surface area contributed by atoms with E-state index in [0.717, 1.165) is 12.8 Å². The van der Waals surface area contributed by atoms with Gasteiger partial charge >= 0.3 is 16.1 Å². The third-order valence-electron chi connectivity index (χ3n) is 5.03. The Kier molecular flexibility index (Phi) is 7.98. The second-order valence-electron chi connectivity index (χ2n) is 7.94. The lowest BCUT2D eigenvalue weighted by Gasteiger charge is -2.27. The zero-order valence-electron chi connectivity index (χ0n) is 18.6. The van der Waals surface area contributed by atoms with Gasteiger partial charge in [0.2, 0.25) is 0 Å². The number of benzene rings is 2. The monoisotopic (exact) mass is 462 g/mol. The highest BCUT2D eigenvalue weighted by Crippen LogP contribution is 2.26. The van der Waals surface area contributed by atoms with Crippen molar-refractivity contribution in [3.63, 3.8) is 0 Å². The van der Waals surface area contributed by atoms with Gasteiger partial charge in [0.25, 0.3) is 0 Å². The van der Waals surface area contributed by atoms with Gasteiger partial charge in [-0.05, 0) is 57.0 Å². The van der Waals surface area contributed by atoms with Crippen LogP contribution in [0.3, 0.4) is 0 Å². The number of hydrogen-bond donors (Lipinski definition) is 1. The molecule has 2 aromatic rings. The van der Waals surface area contributed by atoms with E-state index in [1.54, 1.807) is 41.3 Å². The first kappa shape index (κ1) is 23.9. The number of nitrogens with one attached hydrogen (secondary N) is 1. The molecule has 1 aliphatic heterocycles. The minimum absolute atomic E-state index is 0.0156. The molecule has 32 heavy (non-hydrogen) atoms. The summed E-state index contributed by atoms with van der Waals surface area (Å²) >= 11 is 0. The van der Waals surface area contributed by atoms with Gasteiger partial charge in [0.1, 0.15) is 16.4 Å². The molecule has 1 atom stereocenters. The lowest BCUT2D eigenvalue weighted by atomic mass is 10.1. The largest absolute Gasteiger partial charge is 0.497 e. The second kappa shape index (κ2) is 10.7. The predicted octanol–water partition coefficient (Wildman–Crippen LogP) is 3.56. The Labute approximate surface area is 189 Å². The molecule has 9 heteroatoms. The van der Waals surface area contributed by atoms with Gasteiger partial charge in [0.05, 0.1) is 19.8 Å². The van der Waals surface area contributed by atoms with E-state index in [9.17, 15) is 13.2 Å². The molecule has 8 nitrogen and oxygen atoms in total. The number of rotatable bonds is 9. The van der Waals surface area contributed by atoms with Crippen molar-refractivity contribution in [3.05, 3.63) is 54.1 Å². The molecule has 0 aliphatic carbocycles. The predicted molar refractivity (Wildman–Crippen MR) is 120 cm³/mol. The average Bonchev–Trinajstić information content (AvgIpc) is 3.27. The summed E-state index contributed by atoms with van der Waals surface area (Å²) in [5.74, 6) is 0.725. The number of carbonyl (C=O) groups is 1. The number of para-hydroxylation sites is 1. The first-order valence-corrected chi connectivity index (χ1v) is 12.0. The van der Waals surface area contributed by atoms with Crippen LogP contribution in [0.2, 0.25) is 0 Å². The third-order valence-corrected chi connectivity index (χ3v) is 6.28. The number of methoxy groups -OCH3 is 1. The Bertz CT molecular complexity index is 1000. The van der Waals surface area contributed by atoms with E-state index in [1.165, 1.54) is 19.2 Å². The zero-order valence-corrected chi connectivity index (χ0v) is 19.4. The number of hydrogen-bond acceptors (Lipinski definition) is 6. The van der Waals surface area contributed by atoms with E-state index in [1.807, 2.05) is 13.8 Å². The highest BCUT2D eigenvalue weighted by molar-refractivity contribution is 7.87. The molecule has 1 fully saturated rings. The topological polar surface area (TPSA) is 94.2 Å². The maximum absolute atomic E-state index is 12.8. The van der Waals surface area contributed by atoms with Gasteiger partial charge in [-0.25, -0.2) is 4.79 Å². The smallest absolute Gasteiger partial charge is 0.339 e. The van der Waals surface area contributed by atoms with Crippen molar-refractivity contribution >= 4 is 16.1 Å². The third kappa shape index (κ3) is 6.37. The number of amides is 2. The Morgan fingerprint density at radius 1 is 1.19 bits per heavy atom. The highest BCUT2D eigenvalue weighted by atomic mass is 32.2. The van der Waals surface area contributed by atoms with Gasteiger partial charge in [-0.1, -0.05) is 18.2 Å². The van der Waals surface area contributed by atoms with Crippen LogP contribution in [0.25, 0.3) is 0 Å². The van der Waals surface area contributed by atoms with Crippen molar-refractivity contribution in [2.45, 2.75) is 50.3 Å². The SMILES string of the molecule is COc1ccc(S(=O)(=O)Oc2ccccc2CN(C[C@H]2CCCO2)C(=O)NC(C)C)cc1. The Balaban J connectivity index is 1.81. The fourth-order valence-electron chi connectivity index (χ4n) is 3.42. The summed E-state index contributed by atoms with van der Waals surface area (Å²) in [6.07, 6.45) is 1.81. The highest BCUT2D eigenvalue weighted by Gasteiger charge is 2.25. The molecular weight excluding hydrogens is 432 g/mol. The van der Waals surface area contributed by atoms with E-state index >= 15 is 0 Å². The normalized spacial score (nSPS) is 16.1. The second-order valence-corrected chi connectivity index (χ2v) is 9.49. The molecule has 2 amide bonds. The molecule has 0 saturated carbocycles. The quantitative estimate of drug-likeness (QED) is 0.573. The summed E-state index contributed by atoms with van der Waals surface area (Å²) < 4.78 is 41.9. The van der Waals surface area contributed by atoms with E-state index < -0.39 is 10.1 Å². The van der Waals surface area contributed by atoms with Crippen LogP contribution in [-0.4, -0.2) is 51.8 Å². The number of nitrogens with zero attached hydrogens (tertiary/aromatic N) is 1. The molecule has 1 heterocycles. The summed E-state index contributed by atoms with van der Waals surface area (Å²) in [6.45, 7) is 5.07. The van der Waals surface area contributed by atoms with Gasteiger partial charge in [-0.2, -0.15) is 8.42 Å². The summed E-state index contributed by atoms with van der Waals surface area (Å²) in [7, 11) is -2.55. The fraction of sp³-hybridized carbons (Fsp3) is 0.435. The van der Waals surface area contributed by atoms with Crippen LogP contribution in [-0.2, 0) is 21.4 Å². The molecule has 2 aromatic carbocycles. The average molecular weight is 463 g/mol. The molecule has 3 rings (SSSR count). The summed E-state index contributed by atoms with van der Waals surface area (Å²) in [5.41, 5.74) is 0.585. The first-order chi connectivity index (χ1) is 15.3.